The molecule has 29 heavy (non-hydrogen) atoms. The SMILES string of the molecule is COc1cccc(N2C(=O)CC(N3CCN(Cc4ccccc4Cl)CC3)C2=O)c1. The van der Waals surface area contributed by atoms with Gasteiger partial charge in [0, 0.05) is 43.8 Å². The van der Waals surface area contributed by atoms with Gasteiger partial charge in [0.2, 0.25) is 5.91 Å². The minimum absolute atomic E-state index is 0.150. The number of rotatable bonds is 5. The van der Waals surface area contributed by atoms with Crippen LogP contribution in [0.3, 0.4) is 0 Å². The molecule has 0 spiro atoms. The Labute approximate surface area is 175 Å². The third-order valence-electron chi connectivity index (χ3n) is 5.63. The lowest BCUT2D eigenvalue weighted by atomic mass is 10.1. The van der Waals surface area contributed by atoms with Gasteiger partial charge in [0.1, 0.15) is 5.75 Å². The van der Waals surface area contributed by atoms with Crippen LogP contribution in [-0.4, -0.2) is 60.9 Å². The number of carbonyl (C=O) groups is 2. The smallest absolute Gasteiger partial charge is 0.251 e. The lowest BCUT2D eigenvalue weighted by molar-refractivity contribution is -0.123. The van der Waals surface area contributed by atoms with Gasteiger partial charge in [-0.25, -0.2) is 4.90 Å². The minimum atomic E-state index is -0.392. The summed E-state index contributed by atoms with van der Waals surface area (Å²) in [7, 11) is 1.57. The molecule has 1 atom stereocenters. The fourth-order valence-electron chi connectivity index (χ4n) is 4.02. The largest absolute Gasteiger partial charge is 0.497 e. The summed E-state index contributed by atoms with van der Waals surface area (Å²) in [5, 5.41) is 0.778. The van der Waals surface area contributed by atoms with Gasteiger partial charge in [-0.05, 0) is 23.8 Å². The lowest BCUT2D eigenvalue weighted by Crippen LogP contribution is -2.52. The summed E-state index contributed by atoms with van der Waals surface area (Å²) in [6.07, 6.45) is 0.223. The van der Waals surface area contributed by atoms with Crippen LogP contribution in [0.2, 0.25) is 5.02 Å². The molecule has 0 aliphatic carbocycles. The number of anilines is 1. The predicted octanol–water partition coefficient (Wildman–Crippen LogP) is 2.80. The summed E-state index contributed by atoms with van der Waals surface area (Å²) in [6, 6.07) is 14.6. The molecule has 2 aliphatic heterocycles. The molecule has 0 saturated carbocycles. The van der Waals surface area contributed by atoms with Crippen LogP contribution in [0, 0.1) is 0 Å². The third kappa shape index (κ3) is 4.15. The number of ether oxygens (including phenoxy) is 1. The standard InChI is InChI=1S/C22H24ClN3O3/c1-29-18-7-4-6-17(13-18)26-21(27)14-20(22(26)28)25-11-9-24(10-12-25)15-16-5-2-3-8-19(16)23/h2-8,13,20H,9-12,14-15H2,1H3. The molecule has 0 radical (unpaired) electrons. The summed E-state index contributed by atoms with van der Waals surface area (Å²) >= 11 is 6.27. The summed E-state index contributed by atoms with van der Waals surface area (Å²) in [4.78, 5) is 31.4. The normalized spacial score (nSPS) is 21.0. The topological polar surface area (TPSA) is 53.1 Å². The van der Waals surface area contributed by atoms with Crippen LogP contribution in [-0.2, 0) is 16.1 Å². The molecule has 6 nitrogen and oxygen atoms in total. The van der Waals surface area contributed by atoms with Gasteiger partial charge in [0.05, 0.1) is 25.3 Å². The van der Waals surface area contributed by atoms with Gasteiger partial charge >= 0.3 is 0 Å². The molecule has 2 aliphatic rings. The highest BCUT2D eigenvalue weighted by Crippen LogP contribution is 2.29. The number of halogens is 1. The lowest BCUT2D eigenvalue weighted by Gasteiger charge is -2.37. The second-order valence-corrected chi connectivity index (χ2v) is 7.80. The van der Waals surface area contributed by atoms with Crippen molar-refractivity contribution in [3.8, 4) is 5.75 Å². The number of imide groups is 1. The van der Waals surface area contributed by atoms with E-state index < -0.39 is 6.04 Å². The van der Waals surface area contributed by atoms with E-state index in [1.54, 1.807) is 31.4 Å². The zero-order valence-electron chi connectivity index (χ0n) is 16.4. The number of piperazine rings is 1. The van der Waals surface area contributed by atoms with Gasteiger partial charge in [-0.1, -0.05) is 35.9 Å². The van der Waals surface area contributed by atoms with Crippen molar-refractivity contribution in [1.29, 1.82) is 0 Å². The molecule has 152 valence electrons. The van der Waals surface area contributed by atoms with Crippen molar-refractivity contribution in [2.75, 3.05) is 38.2 Å². The van der Waals surface area contributed by atoms with Crippen LogP contribution >= 0.6 is 11.6 Å². The Hall–Kier alpha value is -2.41. The first-order valence-electron chi connectivity index (χ1n) is 9.77. The summed E-state index contributed by atoms with van der Waals surface area (Å²) < 4.78 is 5.22. The molecular formula is C22H24ClN3O3. The van der Waals surface area contributed by atoms with Crippen LogP contribution in [0.15, 0.2) is 48.5 Å². The zero-order valence-corrected chi connectivity index (χ0v) is 17.1. The van der Waals surface area contributed by atoms with Crippen molar-refractivity contribution >= 4 is 29.1 Å². The maximum absolute atomic E-state index is 13.0. The van der Waals surface area contributed by atoms with E-state index in [9.17, 15) is 9.59 Å². The van der Waals surface area contributed by atoms with Crippen LogP contribution in [0.25, 0.3) is 0 Å². The van der Waals surface area contributed by atoms with Gasteiger partial charge in [0.15, 0.2) is 0 Å². The van der Waals surface area contributed by atoms with Crippen molar-refractivity contribution in [2.24, 2.45) is 0 Å². The first-order chi connectivity index (χ1) is 14.1. The molecule has 2 saturated heterocycles. The second kappa shape index (κ2) is 8.53. The number of methoxy groups -OCH3 is 1. The molecule has 2 amide bonds. The van der Waals surface area contributed by atoms with Gasteiger partial charge in [-0.3, -0.25) is 19.4 Å². The molecule has 2 fully saturated rings. The monoisotopic (exact) mass is 413 g/mol. The average Bonchev–Trinajstić information content (AvgIpc) is 3.04. The van der Waals surface area contributed by atoms with E-state index in [1.165, 1.54) is 4.90 Å². The van der Waals surface area contributed by atoms with Gasteiger partial charge in [0.25, 0.3) is 5.91 Å². The van der Waals surface area contributed by atoms with Gasteiger partial charge in [-0.15, -0.1) is 0 Å². The summed E-state index contributed by atoms with van der Waals surface area (Å²) in [6.45, 7) is 3.96. The fourth-order valence-corrected chi connectivity index (χ4v) is 4.22. The number of carbonyl (C=O) groups excluding carboxylic acids is 2. The number of hydrogen-bond donors (Lipinski definition) is 0. The predicted molar refractivity (Wildman–Crippen MR) is 112 cm³/mol. The van der Waals surface area contributed by atoms with Crippen molar-refractivity contribution in [3.05, 3.63) is 59.1 Å². The molecule has 0 N–H and O–H groups in total. The van der Waals surface area contributed by atoms with Crippen molar-refractivity contribution in [3.63, 3.8) is 0 Å². The van der Waals surface area contributed by atoms with Crippen molar-refractivity contribution in [2.45, 2.75) is 19.0 Å². The van der Waals surface area contributed by atoms with E-state index in [2.05, 4.69) is 9.80 Å². The molecule has 0 aromatic heterocycles. The maximum atomic E-state index is 13.0. The van der Waals surface area contributed by atoms with E-state index >= 15 is 0 Å². The number of hydrogen-bond acceptors (Lipinski definition) is 5. The zero-order chi connectivity index (χ0) is 20.4. The van der Waals surface area contributed by atoms with Crippen LogP contribution in [0.1, 0.15) is 12.0 Å². The van der Waals surface area contributed by atoms with Crippen LogP contribution in [0.4, 0.5) is 5.69 Å². The van der Waals surface area contributed by atoms with Crippen molar-refractivity contribution < 1.29 is 14.3 Å². The van der Waals surface area contributed by atoms with E-state index in [0.717, 1.165) is 43.3 Å². The Morgan fingerprint density at radius 2 is 1.79 bits per heavy atom. The van der Waals surface area contributed by atoms with Gasteiger partial charge in [-0.2, -0.15) is 0 Å². The summed E-state index contributed by atoms with van der Waals surface area (Å²) in [5.74, 6) is 0.314. The van der Waals surface area contributed by atoms with E-state index in [-0.39, 0.29) is 18.2 Å². The minimum Gasteiger partial charge on any atom is -0.497 e. The Bertz CT molecular complexity index is 912. The molecule has 4 rings (SSSR count). The highest BCUT2D eigenvalue weighted by Gasteiger charge is 2.43. The van der Waals surface area contributed by atoms with Crippen LogP contribution < -0.4 is 9.64 Å². The number of amides is 2. The molecule has 1 unspecified atom stereocenters. The summed E-state index contributed by atoms with van der Waals surface area (Å²) in [5.41, 5.74) is 1.68. The highest BCUT2D eigenvalue weighted by atomic mass is 35.5. The first kappa shape index (κ1) is 19.9. The highest BCUT2D eigenvalue weighted by molar-refractivity contribution is 6.31. The molecule has 2 heterocycles. The number of nitrogens with zero attached hydrogens (tertiary/aromatic N) is 3. The molecule has 2 aromatic carbocycles. The molecule has 0 bridgehead atoms. The quantitative estimate of drug-likeness (QED) is 0.705. The Kier molecular flexibility index (Phi) is 5.85. The van der Waals surface area contributed by atoms with E-state index in [0.29, 0.717) is 11.4 Å². The Morgan fingerprint density at radius 1 is 1.03 bits per heavy atom. The fraction of sp³-hybridized carbons (Fsp3) is 0.364. The van der Waals surface area contributed by atoms with Crippen molar-refractivity contribution in [1.82, 2.24) is 9.80 Å². The van der Waals surface area contributed by atoms with Crippen LogP contribution in [0.5, 0.6) is 5.75 Å². The Balaban J connectivity index is 1.39. The van der Waals surface area contributed by atoms with E-state index in [1.807, 2.05) is 24.3 Å². The third-order valence-corrected chi connectivity index (χ3v) is 6.00. The average molecular weight is 414 g/mol. The number of benzene rings is 2. The molecule has 7 heteroatoms. The molecule has 2 aromatic rings. The van der Waals surface area contributed by atoms with E-state index in [4.69, 9.17) is 16.3 Å². The maximum Gasteiger partial charge on any atom is 0.251 e. The molecular weight excluding hydrogens is 390 g/mol. The first-order valence-corrected chi connectivity index (χ1v) is 10.2. The second-order valence-electron chi connectivity index (χ2n) is 7.39. The van der Waals surface area contributed by atoms with Gasteiger partial charge < -0.3 is 4.74 Å². The Morgan fingerprint density at radius 3 is 2.52 bits per heavy atom.